The molecule has 1 aromatic carbocycles. The Morgan fingerprint density at radius 2 is 0.833 bits per heavy atom. The fraction of sp³-hybridized carbons (Fsp3) is 0.143. The first-order valence-corrected chi connectivity index (χ1v) is 11.8. The summed E-state index contributed by atoms with van der Waals surface area (Å²) in [6.07, 6.45) is -22.6. The van der Waals surface area contributed by atoms with E-state index in [4.69, 9.17) is 0 Å². The molecular weight excluding hydrogens is 676 g/mol. The Labute approximate surface area is 257 Å². The summed E-state index contributed by atoms with van der Waals surface area (Å²) in [4.78, 5) is 4.87. The topological polar surface area (TPSA) is 169 Å². The quantitative estimate of drug-likeness (QED) is 0.321. The number of nitriles is 6. The number of hydrogen-bond acceptors (Lipinski definition) is 8. The van der Waals surface area contributed by atoms with Crippen LogP contribution in [0.25, 0.3) is 11.1 Å². The molecule has 48 heavy (non-hydrogen) atoms. The minimum atomic E-state index is -5.72. The molecule has 0 aliphatic rings. The van der Waals surface area contributed by atoms with Crippen molar-refractivity contribution in [2.24, 2.45) is 0 Å². The molecule has 0 radical (unpaired) electrons. The van der Waals surface area contributed by atoms with Gasteiger partial charge in [-0.05, 0) is 29.5 Å². The van der Waals surface area contributed by atoms with Gasteiger partial charge in [0.1, 0.15) is 35.7 Å². The SMILES string of the molecule is N#CC(c1cc(C(F)(F)F)nc(C(F)(F)F)c1C#N)=c1cc(C#N)c(=C(C#N)c2cc(C(F)(F)F)nc(C(F)(F)F)c2C#N)c(C#N)c1. The predicted octanol–water partition coefficient (Wildman–Crippen LogP) is 5.48. The van der Waals surface area contributed by atoms with Crippen molar-refractivity contribution in [3.8, 4) is 36.4 Å². The standard InChI is InChI=1S/C28H4F12N8/c29-25(30,31)20-3-14(18(9-45)23(47-20)27(35,36)37)16(7-43)11-1-12(5-41)22(13(2-11)6-42)17(8-44)15-4-21(26(32,33)34)48-24(19(15)10-46)28(38,39)40/h1-4H. The minimum Gasteiger partial charge on any atom is -0.237 e. The van der Waals surface area contributed by atoms with Gasteiger partial charge in [-0.25, -0.2) is 9.97 Å². The first kappa shape index (κ1) is 35.8. The van der Waals surface area contributed by atoms with E-state index in [0.29, 0.717) is 12.1 Å². The van der Waals surface area contributed by atoms with Gasteiger partial charge in [0.05, 0.1) is 45.5 Å². The van der Waals surface area contributed by atoms with Gasteiger partial charge in [-0.2, -0.15) is 84.3 Å². The molecule has 0 spiro atoms. The van der Waals surface area contributed by atoms with Gasteiger partial charge in [0, 0.05) is 16.3 Å². The van der Waals surface area contributed by atoms with E-state index < -0.39 is 102 Å². The van der Waals surface area contributed by atoms with Crippen LogP contribution in [0.1, 0.15) is 56.2 Å². The van der Waals surface area contributed by atoms with E-state index in [1.165, 1.54) is 24.3 Å². The van der Waals surface area contributed by atoms with Crippen molar-refractivity contribution in [2.45, 2.75) is 24.7 Å². The highest BCUT2D eigenvalue weighted by molar-refractivity contribution is 5.84. The van der Waals surface area contributed by atoms with Crippen molar-refractivity contribution >= 4 is 11.1 Å². The lowest BCUT2D eigenvalue weighted by Crippen LogP contribution is -2.25. The van der Waals surface area contributed by atoms with Gasteiger partial charge in [-0.15, -0.1) is 0 Å². The Morgan fingerprint density at radius 1 is 0.479 bits per heavy atom. The van der Waals surface area contributed by atoms with E-state index in [9.17, 15) is 84.3 Å². The van der Waals surface area contributed by atoms with E-state index in [1.807, 2.05) is 0 Å². The second-order valence-corrected chi connectivity index (χ2v) is 8.92. The van der Waals surface area contributed by atoms with Crippen molar-refractivity contribution in [1.82, 2.24) is 9.97 Å². The fourth-order valence-electron chi connectivity index (χ4n) is 4.17. The number of halogens is 12. The molecule has 0 saturated heterocycles. The summed E-state index contributed by atoms with van der Waals surface area (Å²) in [7, 11) is 0. The van der Waals surface area contributed by atoms with Gasteiger partial charge in [0.2, 0.25) is 0 Å². The highest BCUT2D eigenvalue weighted by Crippen LogP contribution is 2.39. The maximum atomic E-state index is 13.7. The largest absolute Gasteiger partial charge is 0.434 e. The minimum absolute atomic E-state index is 0.112. The van der Waals surface area contributed by atoms with Crippen molar-refractivity contribution in [3.05, 3.63) is 90.9 Å². The lowest BCUT2D eigenvalue weighted by atomic mass is 9.91. The summed E-state index contributed by atoms with van der Waals surface area (Å²) in [6.45, 7) is 0. The second-order valence-electron chi connectivity index (χ2n) is 8.92. The number of aromatic nitrogens is 2. The monoisotopic (exact) mass is 680 g/mol. The summed E-state index contributed by atoms with van der Waals surface area (Å²) in [5.74, 6) is 0. The van der Waals surface area contributed by atoms with Crippen molar-refractivity contribution < 1.29 is 52.7 Å². The number of alkyl halides is 12. The van der Waals surface area contributed by atoms with E-state index >= 15 is 0 Å². The van der Waals surface area contributed by atoms with Crippen LogP contribution in [0.2, 0.25) is 0 Å². The first-order chi connectivity index (χ1) is 22.1. The Balaban J connectivity index is 2.72. The molecule has 0 bridgehead atoms. The second kappa shape index (κ2) is 12.3. The molecule has 0 aliphatic heterocycles. The molecule has 0 fully saturated rings. The molecule has 2 aromatic heterocycles. The van der Waals surface area contributed by atoms with Gasteiger partial charge in [-0.3, -0.25) is 0 Å². The zero-order valence-electron chi connectivity index (χ0n) is 22.4. The number of pyridine rings is 2. The summed E-state index contributed by atoms with van der Waals surface area (Å²) in [5, 5.41) is 56.2. The van der Waals surface area contributed by atoms with Crippen LogP contribution >= 0.6 is 0 Å². The van der Waals surface area contributed by atoms with Crippen LogP contribution in [-0.2, 0) is 24.7 Å². The molecule has 0 N–H and O–H groups in total. The van der Waals surface area contributed by atoms with Crippen molar-refractivity contribution in [1.29, 1.82) is 31.6 Å². The molecule has 0 aliphatic carbocycles. The molecule has 0 saturated carbocycles. The summed E-state index contributed by atoms with van der Waals surface area (Å²) in [6, 6.07) is 7.69. The van der Waals surface area contributed by atoms with Crippen molar-refractivity contribution in [2.75, 3.05) is 0 Å². The number of benzene rings is 1. The van der Waals surface area contributed by atoms with E-state index in [1.54, 1.807) is 0 Å². The molecule has 2 heterocycles. The zero-order valence-corrected chi connectivity index (χ0v) is 22.4. The van der Waals surface area contributed by atoms with Crippen LogP contribution in [-0.4, -0.2) is 9.97 Å². The average Bonchev–Trinajstić information content (AvgIpc) is 2.99. The normalized spacial score (nSPS) is 11.6. The number of hydrogen-bond donors (Lipinski definition) is 0. The fourth-order valence-corrected chi connectivity index (χ4v) is 4.17. The summed E-state index contributed by atoms with van der Waals surface area (Å²) in [5.41, 5.74) is -19.9. The molecule has 20 heteroatoms. The van der Waals surface area contributed by atoms with Crippen LogP contribution in [0, 0.1) is 68.0 Å². The molecular formula is C28H4F12N8. The van der Waals surface area contributed by atoms with E-state index in [-0.39, 0.29) is 12.1 Å². The van der Waals surface area contributed by atoms with Gasteiger partial charge in [0.25, 0.3) is 0 Å². The van der Waals surface area contributed by atoms with Crippen LogP contribution in [0.5, 0.6) is 0 Å². The number of nitrogens with zero attached hydrogens (tertiary/aromatic N) is 8. The third kappa shape index (κ3) is 6.64. The molecule has 240 valence electrons. The lowest BCUT2D eigenvalue weighted by molar-refractivity contribution is -0.151. The smallest absolute Gasteiger partial charge is 0.237 e. The van der Waals surface area contributed by atoms with Gasteiger partial charge in [-0.1, -0.05) is 0 Å². The average molecular weight is 680 g/mol. The molecule has 0 atom stereocenters. The maximum Gasteiger partial charge on any atom is 0.434 e. The first-order valence-electron chi connectivity index (χ1n) is 11.8. The molecule has 0 unspecified atom stereocenters. The Hall–Kier alpha value is -6.64. The van der Waals surface area contributed by atoms with E-state index in [0.717, 1.165) is 12.1 Å². The Morgan fingerprint density at radius 3 is 1.10 bits per heavy atom. The highest BCUT2D eigenvalue weighted by Gasteiger charge is 2.43. The van der Waals surface area contributed by atoms with Crippen molar-refractivity contribution in [3.63, 3.8) is 0 Å². The number of rotatable bonds is 2. The van der Waals surface area contributed by atoms with Crippen LogP contribution < -0.4 is 10.4 Å². The Bertz CT molecular complexity index is 2210. The molecule has 0 amide bonds. The Kier molecular flexibility index (Phi) is 9.17. The van der Waals surface area contributed by atoms with Gasteiger partial charge < -0.3 is 0 Å². The molecule has 8 nitrogen and oxygen atoms in total. The maximum absolute atomic E-state index is 13.7. The van der Waals surface area contributed by atoms with Crippen LogP contribution in [0.3, 0.4) is 0 Å². The van der Waals surface area contributed by atoms with Gasteiger partial charge in [0.15, 0.2) is 11.4 Å². The van der Waals surface area contributed by atoms with Gasteiger partial charge >= 0.3 is 24.7 Å². The summed E-state index contributed by atoms with van der Waals surface area (Å²) < 4.78 is 163. The lowest BCUT2D eigenvalue weighted by Gasteiger charge is -2.16. The highest BCUT2D eigenvalue weighted by atomic mass is 19.4. The molecule has 3 rings (SSSR count). The summed E-state index contributed by atoms with van der Waals surface area (Å²) >= 11 is 0. The zero-order chi connectivity index (χ0) is 36.6. The van der Waals surface area contributed by atoms with E-state index in [2.05, 4.69) is 9.97 Å². The van der Waals surface area contributed by atoms with Crippen LogP contribution in [0.4, 0.5) is 52.7 Å². The predicted molar refractivity (Wildman–Crippen MR) is 129 cm³/mol. The third-order valence-corrected chi connectivity index (χ3v) is 6.06. The molecule has 3 aromatic rings. The van der Waals surface area contributed by atoms with Crippen LogP contribution in [0.15, 0.2) is 24.3 Å². The third-order valence-electron chi connectivity index (χ3n) is 6.06.